The number of ether oxygens (including phenoxy) is 1. The molecule has 0 atom stereocenters. The minimum atomic E-state index is -0.0824. The second kappa shape index (κ2) is 7.87. The van der Waals surface area contributed by atoms with Gasteiger partial charge in [-0.2, -0.15) is 0 Å². The number of nitrogens with zero attached hydrogens (tertiary/aromatic N) is 2. The number of rotatable bonds is 7. The van der Waals surface area contributed by atoms with E-state index >= 15 is 0 Å². The summed E-state index contributed by atoms with van der Waals surface area (Å²) in [5, 5.41) is 2.81. The van der Waals surface area contributed by atoms with Crippen LogP contribution in [0, 0.1) is 13.8 Å². The molecule has 26 heavy (non-hydrogen) atoms. The van der Waals surface area contributed by atoms with Crippen LogP contribution in [0.3, 0.4) is 0 Å². The molecule has 1 amide bonds. The van der Waals surface area contributed by atoms with Gasteiger partial charge in [-0.05, 0) is 43.2 Å². The number of para-hydroxylation sites is 2. The van der Waals surface area contributed by atoms with Gasteiger partial charge >= 0.3 is 0 Å². The molecule has 2 aromatic carbocycles. The molecule has 0 radical (unpaired) electrons. The average Bonchev–Trinajstić information content (AvgIpc) is 2.98. The van der Waals surface area contributed by atoms with Crippen LogP contribution in [0.15, 0.2) is 55.1 Å². The summed E-state index contributed by atoms with van der Waals surface area (Å²) >= 11 is 0. The van der Waals surface area contributed by atoms with Crippen LogP contribution in [0.4, 0.5) is 0 Å². The summed E-state index contributed by atoms with van der Waals surface area (Å²) in [5.74, 6) is 1.47. The molecule has 5 nitrogen and oxygen atoms in total. The number of hydrogen-bond donors (Lipinski definition) is 1. The summed E-state index contributed by atoms with van der Waals surface area (Å²) in [7, 11) is 0. The Morgan fingerprint density at radius 3 is 2.88 bits per heavy atom. The van der Waals surface area contributed by atoms with Gasteiger partial charge in [0.2, 0.25) is 5.91 Å². The number of benzene rings is 2. The Balaban J connectivity index is 1.87. The van der Waals surface area contributed by atoms with Crippen LogP contribution in [0.1, 0.15) is 17.0 Å². The Labute approximate surface area is 153 Å². The lowest BCUT2D eigenvalue weighted by molar-refractivity contribution is -0.121. The third-order valence-electron chi connectivity index (χ3n) is 4.18. The first-order valence-corrected chi connectivity index (χ1v) is 8.60. The molecule has 1 aromatic heterocycles. The molecular formula is C21H23N3O2. The molecule has 0 spiro atoms. The largest absolute Gasteiger partial charge is 0.485 e. The van der Waals surface area contributed by atoms with Crippen molar-refractivity contribution < 1.29 is 9.53 Å². The van der Waals surface area contributed by atoms with Crippen molar-refractivity contribution in [2.24, 2.45) is 0 Å². The van der Waals surface area contributed by atoms with Crippen molar-refractivity contribution in [2.75, 3.05) is 6.54 Å². The van der Waals surface area contributed by atoms with Gasteiger partial charge in [-0.15, -0.1) is 6.58 Å². The molecule has 3 rings (SSSR count). The van der Waals surface area contributed by atoms with Crippen molar-refractivity contribution in [1.29, 1.82) is 0 Å². The van der Waals surface area contributed by atoms with Gasteiger partial charge in [-0.25, -0.2) is 4.98 Å². The van der Waals surface area contributed by atoms with Crippen molar-refractivity contribution in [3.63, 3.8) is 0 Å². The van der Waals surface area contributed by atoms with E-state index in [-0.39, 0.29) is 12.5 Å². The SMILES string of the molecule is C=CCNC(=O)Cn1c(COc2cc(C)ccc2C)nc2ccccc21. The summed E-state index contributed by atoms with van der Waals surface area (Å²) in [5.41, 5.74) is 3.98. The molecule has 1 N–H and O–H groups in total. The lowest BCUT2D eigenvalue weighted by Gasteiger charge is -2.12. The number of aromatic nitrogens is 2. The number of imidazole rings is 1. The Bertz CT molecular complexity index is 944. The maximum absolute atomic E-state index is 12.2. The van der Waals surface area contributed by atoms with E-state index in [1.165, 1.54) is 0 Å². The van der Waals surface area contributed by atoms with E-state index in [2.05, 4.69) is 22.9 Å². The van der Waals surface area contributed by atoms with Crippen molar-refractivity contribution in [1.82, 2.24) is 14.9 Å². The van der Waals surface area contributed by atoms with E-state index in [9.17, 15) is 4.79 Å². The highest BCUT2D eigenvalue weighted by Gasteiger charge is 2.14. The quantitative estimate of drug-likeness (QED) is 0.664. The highest BCUT2D eigenvalue weighted by molar-refractivity contribution is 5.81. The van der Waals surface area contributed by atoms with E-state index < -0.39 is 0 Å². The molecule has 0 aliphatic rings. The number of nitrogens with one attached hydrogen (secondary N) is 1. The van der Waals surface area contributed by atoms with Crippen LogP contribution in [0.5, 0.6) is 5.75 Å². The zero-order valence-corrected chi connectivity index (χ0v) is 15.2. The molecule has 1 heterocycles. The zero-order chi connectivity index (χ0) is 18.5. The topological polar surface area (TPSA) is 56.2 Å². The van der Waals surface area contributed by atoms with Crippen LogP contribution in [-0.2, 0) is 17.9 Å². The Kier molecular flexibility index (Phi) is 5.37. The maximum Gasteiger partial charge on any atom is 0.240 e. The monoisotopic (exact) mass is 349 g/mol. The molecule has 3 aromatic rings. The Morgan fingerprint density at radius 2 is 2.08 bits per heavy atom. The van der Waals surface area contributed by atoms with Crippen molar-refractivity contribution in [3.05, 3.63) is 72.1 Å². The Morgan fingerprint density at radius 1 is 1.27 bits per heavy atom. The second-order valence-electron chi connectivity index (χ2n) is 6.25. The van der Waals surface area contributed by atoms with E-state index in [0.29, 0.717) is 13.2 Å². The third kappa shape index (κ3) is 3.94. The van der Waals surface area contributed by atoms with E-state index in [0.717, 1.165) is 33.7 Å². The van der Waals surface area contributed by atoms with Gasteiger partial charge in [-0.1, -0.05) is 30.3 Å². The number of carbonyl (C=O) groups excluding carboxylic acids is 1. The summed E-state index contributed by atoms with van der Waals surface area (Å²) in [6.45, 7) is 8.61. The minimum Gasteiger partial charge on any atom is -0.485 e. The number of aryl methyl sites for hydroxylation is 2. The molecule has 0 saturated heterocycles. The molecule has 134 valence electrons. The molecular weight excluding hydrogens is 326 g/mol. The van der Waals surface area contributed by atoms with Gasteiger partial charge in [0.15, 0.2) is 0 Å². The fourth-order valence-corrected chi connectivity index (χ4v) is 2.80. The first-order valence-electron chi connectivity index (χ1n) is 8.60. The molecule has 0 unspecified atom stereocenters. The highest BCUT2D eigenvalue weighted by atomic mass is 16.5. The van der Waals surface area contributed by atoms with Crippen LogP contribution in [-0.4, -0.2) is 22.0 Å². The minimum absolute atomic E-state index is 0.0824. The van der Waals surface area contributed by atoms with Gasteiger partial charge < -0.3 is 14.6 Å². The van der Waals surface area contributed by atoms with Crippen LogP contribution in [0.25, 0.3) is 11.0 Å². The van der Waals surface area contributed by atoms with Gasteiger partial charge in [0.1, 0.15) is 24.7 Å². The maximum atomic E-state index is 12.2. The summed E-state index contributed by atoms with van der Waals surface area (Å²) in [6, 6.07) is 13.9. The lowest BCUT2D eigenvalue weighted by Crippen LogP contribution is -2.28. The molecule has 5 heteroatoms. The smallest absolute Gasteiger partial charge is 0.240 e. The first-order chi connectivity index (χ1) is 12.6. The molecule has 0 bridgehead atoms. The molecule has 0 saturated carbocycles. The predicted molar refractivity (Wildman–Crippen MR) is 103 cm³/mol. The second-order valence-corrected chi connectivity index (χ2v) is 6.25. The number of hydrogen-bond acceptors (Lipinski definition) is 3. The van der Waals surface area contributed by atoms with Crippen molar-refractivity contribution >= 4 is 16.9 Å². The predicted octanol–water partition coefficient (Wildman–Crippen LogP) is 3.53. The van der Waals surface area contributed by atoms with Crippen LogP contribution < -0.4 is 10.1 Å². The van der Waals surface area contributed by atoms with Gasteiger partial charge in [0.05, 0.1) is 11.0 Å². The van der Waals surface area contributed by atoms with E-state index in [4.69, 9.17) is 4.74 Å². The van der Waals surface area contributed by atoms with Crippen molar-refractivity contribution in [3.8, 4) is 5.75 Å². The summed E-state index contributed by atoms with van der Waals surface area (Å²) in [4.78, 5) is 16.8. The lowest BCUT2D eigenvalue weighted by atomic mass is 10.1. The first kappa shape index (κ1) is 17.7. The van der Waals surface area contributed by atoms with Crippen molar-refractivity contribution in [2.45, 2.75) is 27.0 Å². The number of amides is 1. The summed E-state index contributed by atoms with van der Waals surface area (Å²) < 4.78 is 7.91. The van der Waals surface area contributed by atoms with E-state index in [1.54, 1.807) is 6.08 Å². The highest BCUT2D eigenvalue weighted by Crippen LogP contribution is 2.22. The third-order valence-corrected chi connectivity index (χ3v) is 4.18. The summed E-state index contributed by atoms with van der Waals surface area (Å²) in [6.07, 6.45) is 1.66. The van der Waals surface area contributed by atoms with Gasteiger partial charge in [-0.3, -0.25) is 4.79 Å². The molecule has 0 aliphatic carbocycles. The number of carbonyl (C=O) groups is 1. The van der Waals surface area contributed by atoms with Crippen LogP contribution in [0.2, 0.25) is 0 Å². The van der Waals surface area contributed by atoms with Gasteiger partial charge in [0, 0.05) is 6.54 Å². The molecule has 0 fully saturated rings. The zero-order valence-electron chi connectivity index (χ0n) is 15.2. The standard InChI is InChI=1S/C21H23N3O2/c1-4-11-22-21(25)13-24-18-8-6-5-7-17(18)23-20(24)14-26-19-12-15(2)9-10-16(19)3/h4-10,12H,1,11,13-14H2,2-3H3,(H,22,25). The Hall–Kier alpha value is -3.08. The molecule has 0 aliphatic heterocycles. The van der Waals surface area contributed by atoms with Crippen LogP contribution >= 0.6 is 0 Å². The normalized spacial score (nSPS) is 10.7. The number of fused-ring (bicyclic) bond motifs is 1. The fourth-order valence-electron chi connectivity index (χ4n) is 2.80. The van der Waals surface area contributed by atoms with Gasteiger partial charge in [0.25, 0.3) is 0 Å². The fraction of sp³-hybridized carbons (Fsp3) is 0.238. The van der Waals surface area contributed by atoms with E-state index in [1.807, 2.05) is 54.8 Å². The average molecular weight is 349 g/mol.